The highest BCUT2D eigenvalue weighted by Gasteiger charge is 2.44. The zero-order valence-electron chi connectivity index (χ0n) is 18.1. The number of unbranched alkanes of at least 4 members (excludes halogenated alkanes) is 2. The van der Waals surface area contributed by atoms with Crippen LogP contribution in [0, 0.1) is 40.4 Å². The van der Waals surface area contributed by atoms with Crippen molar-refractivity contribution in [3.63, 3.8) is 0 Å². The summed E-state index contributed by atoms with van der Waals surface area (Å²) >= 11 is 0. The molecule has 3 aliphatic rings. The molecule has 27 heavy (non-hydrogen) atoms. The van der Waals surface area contributed by atoms with Gasteiger partial charge in [-0.1, -0.05) is 45.4 Å². The first-order valence-electron chi connectivity index (χ1n) is 12.1. The number of hydrogen-bond donors (Lipinski definition) is 0. The van der Waals surface area contributed by atoms with Gasteiger partial charge in [-0.25, -0.2) is 0 Å². The predicted octanol–water partition coefficient (Wildman–Crippen LogP) is 7.28. The molecule has 0 bridgehead atoms. The van der Waals surface area contributed by atoms with E-state index in [4.69, 9.17) is 4.74 Å². The summed E-state index contributed by atoms with van der Waals surface area (Å²) in [6.07, 6.45) is 21.8. The maximum absolute atomic E-state index is 10.1. The molecule has 3 rings (SSSR count). The Bertz CT molecular complexity index is 457. The smallest absolute Gasteiger partial charge is 0.0692 e. The van der Waals surface area contributed by atoms with E-state index in [2.05, 4.69) is 13.0 Å². The third-order valence-corrected chi connectivity index (χ3v) is 8.71. The van der Waals surface area contributed by atoms with Crippen LogP contribution in [0.5, 0.6) is 0 Å². The van der Waals surface area contributed by atoms with E-state index in [1.165, 1.54) is 89.9 Å². The molecule has 3 aliphatic carbocycles. The fourth-order valence-electron chi connectivity index (χ4n) is 6.72. The van der Waals surface area contributed by atoms with Crippen LogP contribution >= 0.6 is 0 Å². The zero-order valence-corrected chi connectivity index (χ0v) is 18.1. The van der Waals surface area contributed by atoms with Crippen LogP contribution in [0.1, 0.15) is 110 Å². The van der Waals surface area contributed by atoms with Crippen LogP contribution in [-0.4, -0.2) is 13.2 Å². The summed E-state index contributed by atoms with van der Waals surface area (Å²) in [4.78, 5) is 0. The molecule has 0 unspecified atom stereocenters. The van der Waals surface area contributed by atoms with Gasteiger partial charge in [-0.05, 0) is 87.9 Å². The number of nitriles is 1. The number of rotatable bonds is 7. The van der Waals surface area contributed by atoms with E-state index in [1.807, 2.05) is 7.11 Å². The normalized spacial score (nSPS) is 40.4. The Labute approximate surface area is 168 Å². The summed E-state index contributed by atoms with van der Waals surface area (Å²) in [5.74, 6) is 3.53. The summed E-state index contributed by atoms with van der Waals surface area (Å²) in [7, 11) is 1.84. The lowest BCUT2D eigenvalue weighted by Gasteiger charge is -2.45. The first-order chi connectivity index (χ1) is 13.2. The van der Waals surface area contributed by atoms with Crippen LogP contribution in [0.25, 0.3) is 0 Å². The van der Waals surface area contributed by atoms with E-state index in [-0.39, 0.29) is 5.41 Å². The summed E-state index contributed by atoms with van der Waals surface area (Å²) in [5.41, 5.74) is -0.00737. The molecule has 3 saturated carbocycles. The Hall–Kier alpha value is -0.550. The van der Waals surface area contributed by atoms with Gasteiger partial charge in [0.25, 0.3) is 0 Å². The van der Waals surface area contributed by atoms with Gasteiger partial charge in [0.1, 0.15) is 0 Å². The molecule has 0 aliphatic heterocycles. The van der Waals surface area contributed by atoms with Gasteiger partial charge in [-0.3, -0.25) is 0 Å². The van der Waals surface area contributed by atoms with Crippen LogP contribution in [0.4, 0.5) is 0 Å². The van der Waals surface area contributed by atoms with Crippen molar-refractivity contribution in [1.29, 1.82) is 5.26 Å². The summed E-state index contributed by atoms with van der Waals surface area (Å²) in [6, 6.07) is 2.84. The van der Waals surface area contributed by atoms with Crippen LogP contribution in [0.3, 0.4) is 0 Å². The predicted molar refractivity (Wildman–Crippen MR) is 112 cm³/mol. The van der Waals surface area contributed by atoms with Gasteiger partial charge in [0.2, 0.25) is 0 Å². The van der Waals surface area contributed by atoms with Crippen molar-refractivity contribution in [2.24, 2.45) is 29.1 Å². The molecule has 0 aromatic carbocycles. The van der Waals surface area contributed by atoms with Crippen molar-refractivity contribution in [1.82, 2.24) is 0 Å². The van der Waals surface area contributed by atoms with E-state index in [1.54, 1.807) is 0 Å². The average Bonchev–Trinajstić information content (AvgIpc) is 2.75. The molecule has 0 amide bonds. The quantitative estimate of drug-likeness (QED) is 0.439. The average molecular weight is 374 g/mol. The van der Waals surface area contributed by atoms with Crippen LogP contribution in [-0.2, 0) is 4.74 Å². The molecule has 2 heteroatoms. The minimum absolute atomic E-state index is 0.00737. The molecule has 2 nitrogen and oxygen atoms in total. The molecule has 0 spiro atoms. The first kappa shape index (κ1) is 21.2. The molecule has 0 heterocycles. The molecule has 154 valence electrons. The largest absolute Gasteiger partial charge is 0.381 e. The number of hydrogen-bond acceptors (Lipinski definition) is 2. The molecule has 0 atom stereocenters. The Morgan fingerprint density at radius 3 is 2.04 bits per heavy atom. The molecule has 0 aromatic heterocycles. The molecule has 3 fully saturated rings. The number of ether oxygens (including phenoxy) is 1. The second-order valence-electron chi connectivity index (χ2n) is 10.1. The van der Waals surface area contributed by atoms with Gasteiger partial charge >= 0.3 is 0 Å². The van der Waals surface area contributed by atoms with Crippen LogP contribution in [0.15, 0.2) is 0 Å². The standard InChI is InChI=1S/C25H43NO/c1-3-4-5-6-20-7-9-21(10-8-20)22-15-17-25(19-26,18-16-22)23-11-13-24(27-2)14-12-23/h20-24H,3-18H2,1-2H3. The Balaban J connectivity index is 1.44. The van der Waals surface area contributed by atoms with Crippen LogP contribution in [0.2, 0.25) is 0 Å². The number of methoxy groups -OCH3 is 1. The maximum atomic E-state index is 10.1. The van der Waals surface area contributed by atoms with Gasteiger partial charge in [0.15, 0.2) is 0 Å². The van der Waals surface area contributed by atoms with Crippen molar-refractivity contribution in [2.45, 2.75) is 116 Å². The van der Waals surface area contributed by atoms with Crippen molar-refractivity contribution in [2.75, 3.05) is 7.11 Å². The third-order valence-electron chi connectivity index (χ3n) is 8.71. The van der Waals surface area contributed by atoms with Gasteiger partial charge in [0, 0.05) is 7.11 Å². The Morgan fingerprint density at radius 2 is 1.48 bits per heavy atom. The highest BCUT2D eigenvalue weighted by Crippen LogP contribution is 2.52. The minimum atomic E-state index is -0.00737. The van der Waals surface area contributed by atoms with Gasteiger partial charge < -0.3 is 4.74 Å². The first-order valence-corrected chi connectivity index (χ1v) is 12.1. The fraction of sp³-hybridized carbons (Fsp3) is 0.960. The van der Waals surface area contributed by atoms with Gasteiger partial charge in [0.05, 0.1) is 17.6 Å². The van der Waals surface area contributed by atoms with E-state index in [9.17, 15) is 5.26 Å². The van der Waals surface area contributed by atoms with Gasteiger partial charge in [-0.15, -0.1) is 0 Å². The highest BCUT2D eigenvalue weighted by atomic mass is 16.5. The molecular formula is C25H43NO. The second-order valence-corrected chi connectivity index (χ2v) is 10.1. The Kier molecular flexibility index (Phi) is 8.07. The summed E-state index contributed by atoms with van der Waals surface area (Å²) in [5, 5.41) is 10.1. The maximum Gasteiger partial charge on any atom is 0.0692 e. The minimum Gasteiger partial charge on any atom is -0.381 e. The second kappa shape index (κ2) is 10.3. The summed E-state index contributed by atoms with van der Waals surface area (Å²) < 4.78 is 5.55. The number of nitrogens with zero attached hydrogens (tertiary/aromatic N) is 1. The third kappa shape index (κ3) is 5.29. The lowest BCUT2D eigenvalue weighted by Crippen LogP contribution is -2.38. The lowest BCUT2D eigenvalue weighted by atomic mass is 9.58. The fourth-order valence-corrected chi connectivity index (χ4v) is 6.72. The van der Waals surface area contributed by atoms with Crippen molar-refractivity contribution < 1.29 is 4.74 Å². The van der Waals surface area contributed by atoms with E-state index < -0.39 is 0 Å². The molecule has 0 aromatic rings. The topological polar surface area (TPSA) is 33.0 Å². The molecule has 0 radical (unpaired) electrons. The molecular weight excluding hydrogens is 330 g/mol. The Morgan fingerprint density at radius 1 is 0.852 bits per heavy atom. The van der Waals surface area contributed by atoms with E-state index in [0.717, 1.165) is 30.6 Å². The zero-order chi connectivity index (χ0) is 19.1. The van der Waals surface area contributed by atoms with Crippen molar-refractivity contribution in [3.8, 4) is 6.07 Å². The van der Waals surface area contributed by atoms with E-state index in [0.29, 0.717) is 12.0 Å². The van der Waals surface area contributed by atoms with Crippen molar-refractivity contribution >= 4 is 0 Å². The van der Waals surface area contributed by atoms with E-state index >= 15 is 0 Å². The SMILES string of the molecule is CCCCCC1CCC(C2CCC(C#N)(C3CCC(OC)CC3)CC2)CC1. The van der Waals surface area contributed by atoms with Crippen LogP contribution < -0.4 is 0 Å². The molecule has 0 saturated heterocycles. The van der Waals surface area contributed by atoms with Crippen molar-refractivity contribution in [3.05, 3.63) is 0 Å². The lowest BCUT2D eigenvalue weighted by molar-refractivity contribution is 0.0155. The molecule has 0 N–H and O–H groups in total. The highest BCUT2D eigenvalue weighted by molar-refractivity contribution is 5.06. The van der Waals surface area contributed by atoms with Gasteiger partial charge in [-0.2, -0.15) is 5.26 Å². The summed E-state index contributed by atoms with van der Waals surface area (Å²) in [6.45, 7) is 2.31. The monoisotopic (exact) mass is 373 g/mol.